The van der Waals surface area contributed by atoms with Gasteiger partial charge in [-0.05, 0) is 53.8 Å². The Bertz CT molecular complexity index is 1070. The SMILES string of the molecule is CCCC(C(=O)O)c1c(C)nc2ccc(Cl)cc2c1-c1ccc(CC#N)cc1. The molecule has 0 radical (unpaired) electrons. The van der Waals surface area contributed by atoms with E-state index in [-0.39, 0.29) is 0 Å². The normalized spacial score (nSPS) is 11.9. The van der Waals surface area contributed by atoms with Crippen molar-refractivity contribution in [3.8, 4) is 17.2 Å². The molecule has 0 spiro atoms. The van der Waals surface area contributed by atoms with E-state index in [1.54, 1.807) is 6.07 Å². The number of aromatic nitrogens is 1. The highest BCUT2D eigenvalue weighted by Gasteiger charge is 2.27. The number of halogens is 1. The van der Waals surface area contributed by atoms with E-state index < -0.39 is 11.9 Å². The third kappa shape index (κ3) is 3.85. The molecular weight excluding hydrogens is 372 g/mol. The second-order valence-corrected chi connectivity index (χ2v) is 7.30. The summed E-state index contributed by atoms with van der Waals surface area (Å²) in [6.45, 7) is 3.84. The molecule has 0 amide bonds. The standard InChI is InChI=1S/C23H21ClN2O2/c1-3-4-18(23(27)28)21-14(2)26-20-10-9-17(24)13-19(20)22(21)16-7-5-15(6-8-16)11-12-25/h5-10,13,18H,3-4,11H2,1-2H3,(H,27,28). The minimum atomic E-state index is -0.851. The molecule has 0 aliphatic rings. The van der Waals surface area contributed by atoms with E-state index in [1.165, 1.54) is 0 Å². The van der Waals surface area contributed by atoms with Gasteiger partial charge >= 0.3 is 5.97 Å². The van der Waals surface area contributed by atoms with Crippen LogP contribution >= 0.6 is 11.6 Å². The Kier molecular flexibility index (Phi) is 5.96. The predicted molar refractivity (Wildman–Crippen MR) is 112 cm³/mol. The summed E-state index contributed by atoms with van der Waals surface area (Å²) in [5.41, 5.74) is 4.90. The number of carboxylic acid groups (broad SMARTS) is 1. The molecule has 1 heterocycles. The maximum atomic E-state index is 12.1. The summed E-state index contributed by atoms with van der Waals surface area (Å²) in [7, 11) is 0. The number of nitrogens with zero attached hydrogens (tertiary/aromatic N) is 2. The van der Waals surface area contributed by atoms with E-state index >= 15 is 0 Å². The average molecular weight is 393 g/mol. The highest BCUT2D eigenvalue weighted by molar-refractivity contribution is 6.31. The van der Waals surface area contributed by atoms with E-state index in [9.17, 15) is 9.90 Å². The molecule has 5 heteroatoms. The van der Waals surface area contributed by atoms with E-state index in [0.29, 0.717) is 23.6 Å². The summed E-state index contributed by atoms with van der Waals surface area (Å²) in [4.78, 5) is 16.7. The van der Waals surface area contributed by atoms with Crippen LogP contribution < -0.4 is 0 Å². The second-order valence-electron chi connectivity index (χ2n) is 6.86. The largest absolute Gasteiger partial charge is 0.481 e. The van der Waals surface area contributed by atoms with Crippen LogP contribution in [0.2, 0.25) is 5.02 Å². The maximum Gasteiger partial charge on any atom is 0.311 e. The third-order valence-electron chi connectivity index (χ3n) is 4.92. The van der Waals surface area contributed by atoms with Crippen LogP contribution in [0.3, 0.4) is 0 Å². The van der Waals surface area contributed by atoms with Crippen molar-refractivity contribution < 1.29 is 9.90 Å². The first kappa shape index (κ1) is 19.9. The molecule has 0 saturated heterocycles. The maximum absolute atomic E-state index is 12.1. The molecule has 1 aromatic heterocycles. The van der Waals surface area contributed by atoms with Gasteiger partial charge in [0.2, 0.25) is 0 Å². The minimum Gasteiger partial charge on any atom is -0.481 e. The van der Waals surface area contributed by atoms with Gasteiger partial charge < -0.3 is 5.11 Å². The zero-order valence-corrected chi connectivity index (χ0v) is 16.6. The monoisotopic (exact) mass is 392 g/mol. The Balaban J connectivity index is 2.35. The van der Waals surface area contributed by atoms with Crippen molar-refractivity contribution in [1.29, 1.82) is 5.26 Å². The minimum absolute atomic E-state index is 0.336. The van der Waals surface area contributed by atoms with Crippen molar-refractivity contribution in [2.45, 2.75) is 39.0 Å². The number of fused-ring (bicyclic) bond motifs is 1. The Labute approximate surface area is 169 Å². The molecule has 1 atom stereocenters. The van der Waals surface area contributed by atoms with Gasteiger partial charge in [0.05, 0.1) is 23.9 Å². The zero-order chi connectivity index (χ0) is 20.3. The Morgan fingerprint density at radius 1 is 1.25 bits per heavy atom. The van der Waals surface area contributed by atoms with Gasteiger partial charge in [0.15, 0.2) is 0 Å². The molecule has 0 bridgehead atoms. The first-order valence-corrected chi connectivity index (χ1v) is 9.62. The summed E-state index contributed by atoms with van der Waals surface area (Å²) in [5.74, 6) is -1.50. The number of pyridine rings is 1. The Morgan fingerprint density at radius 3 is 2.57 bits per heavy atom. The third-order valence-corrected chi connectivity index (χ3v) is 5.16. The number of carboxylic acids is 1. The van der Waals surface area contributed by atoms with Crippen LogP contribution in [0.4, 0.5) is 0 Å². The van der Waals surface area contributed by atoms with E-state index in [4.69, 9.17) is 16.9 Å². The molecule has 2 aromatic carbocycles. The summed E-state index contributed by atoms with van der Waals surface area (Å²) < 4.78 is 0. The lowest BCUT2D eigenvalue weighted by atomic mass is 9.84. The fraction of sp³-hybridized carbons (Fsp3) is 0.261. The van der Waals surface area contributed by atoms with Gasteiger partial charge in [0, 0.05) is 16.1 Å². The van der Waals surface area contributed by atoms with Crippen molar-refractivity contribution in [3.63, 3.8) is 0 Å². The molecule has 3 aromatic rings. The fourth-order valence-electron chi connectivity index (χ4n) is 3.67. The molecule has 3 rings (SSSR count). The number of rotatable bonds is 6. The quantitative estimate of drug-likeness (QED) is 0.566. The average Bonchev–Trinajstić information content (AvgIpc) is 2.67. The lowest BCUT2D eigenvalue weighted by Crippen LogP contribution is -2.15. The van der Waals surface area contributed by atoms with Crippen LogP contribution in [0, 0.1) is 18.3 Å². The van der Waals surface area contributed by atoms with Gasteiger partial charge in [-0.3, -0.25) is 9.78 Å². The van der Waals surface area contributed by atoms with Gasteiger partial charge in [-0.1, -0.05) is 49.2 Å². The number of hydrogen-bond acceptors (Lipinski definition) is 3. The molecule has 142 valence electrons. The summed E-state index contributed by atoms with van der Waals surface area (Å²) in [6.07, 6.45) is 1.62. The fourth-order valence-corrected chi connectivity index (χ4v) is 3.84. The Hall–Kier alpha value is -2.90. The summed E-state index contributed by atoms with van der Waals surface area (Å²) in [6, 6.07) is 15.3. The Morgan fingerprint density at radius 2 is 1.96 bits per heavy atom. The number of hydrogen-bond donors (Lipinski definition) is 1. The second kappa shape index (κ2) is 8.41. The molecule has 0 saturated carbocycles. The summed E-state index contributed by atoms with van der Waals surface area (Å²) in [5, 5.41) is 20.2. The lowest BCUT2D eigenvalue weighted by Gasteiger charge is -2.21. The molecule has 4 nitrogen and oxygen atoms in total. The zero-order valence-electron chi connectivity index (χ0n) is 15.9. The molecule has 28 heavy (non-hydrogen) atoms. The molecular formula is C23H21ClN2O2. The number of benzene rings is 2. The van der Waals surface area contributed by atoms with Gasteiger partial charge in [-0.2, -0.15) is 5.26 Å². The highest BCUT2D eigenvalue weighted by Crippen LogP contribution is 2.39. The molecule has 1 unspecified atom stereocenters. The number of carbonyl (C=O) groups is 1. The number of aryl methyl sites for hydroxylation is 1. The van der Waals surface area contributed by atoms with Gasteiger partial charge in [0.25, 0.3) is 0 Å². The van der Waals surface area contributed by atoms with Crippen molar-refractivity contribution in [2.75, 3.05) is 0 Å². The van der Waals surface area contributed by atoms with Crippen molar-refractivity contribution in [2.24, 2.45) is 0 Å². The number of aliphatic carboxylic acids is 1. The first-order chi connectivity index (χ1) is 13.5. The lowest BCUT2D eigenvalue weighted by molar-refractivity contribution is -0.139. The van der Waals surface area contributed by atoms with Crippen LogP contribution in [-0.2, 0) is 11.2 Å². The molecule has 0 fully saturated rings. The van der Waals surface area contributed by atoms with Crippen LogP contribution in [0.15, 0.2) is 42.5 Å². The van der Waals surface area contributed by atoms with Gasteiger partial charge in [0.1, 0.15) is 0 Å². The van der Waals surface area contributed by atoms with Crippen molar-refractivity contribution in [1.82, 2.24) is 4.98 Å². The molecule has 0 aliphatic heterocycles. The first-order valence-electron chi connectivity index (χ1n) is 9.25. The van der Waals surface area contributed by atoms with Crippen LogP contribution in [0.25, 0.3) is 22.0 Å². The van der Waals surface area contributed by atoms with E-state index in [2.05, 4.69) is 11.1 Å². The number of nitriles is 1. The molecule has 0 aliphatic carbocycles. The topological polar surface area (TPSA) is 74.0 Å². The van der Waals surface area contributed by atoms with Crippen molar-refractivity contribution in [3.05, 3.63) is 64.3 Å². The van der Waals surface area contributed by atoms with Crippen molar-refractivity contribution >= 4 is 28.5 Å². The van der Waals surface area contributed by atoms with Crippen LogP contribution in [0.5, 0.6) is 0 Å². The van der Waals surface area contributed by atoms with Gasteiger partial charge in [-0.25, -0.2) is 0 Å². The smallest absolute Gasteiger partial charge is 0.311 e. The van der Waals surface area contributed by atoms with Crippen LogP contribution in [-0.4, -0.2) is 16.1 Å². The van der Waals surface area contributed by atoms with E-state index in [0.717, 1.165) is 39.6 Å². The predicted octanol–water partition coefficient (Wildman–Crippen LogP) is 5.90. The molecule has 1 N–H and O–H groups in total. The van der Waals surface area contributed by atoms with E-state index in [1.807, 2.05) is 50.2 Å². The van der Waals surface area contributed by atoms with Crippen LogP contribution in [0.1, 0.15) is 42.5 Å². The highest BCUT2D eigenvalue weighted by atomic mass is 35.5. The van der Waals surface area contributed by atoms with Gasteiger partial charge in [-0.15, -0.1) is 0 Å². The summed E-state index contributed by atoms with van der Waals surface area (Å²) >= 11 is 6.26.